The minimum absolute atomic E-state index is 0.0233. The third kappa shape index (κ3) is 4.25. The van der Waals surface area contributed by atoms with Crippen LogP contribution in [0.25, 0.3) is 0 Å². The van der Waals surface area contributed by atoms with Gasteiger partial charge in [0.15, 0.2) is 0 Å². The monoisotopic (exact) mass is 394 g/mol. The van der Waals surface area contributed by atoms with E-state index in [9.17, 15) is 26.4 Å². The molecule has 1 heterocycles. The number of sulfonamides is 1. The topological polar surface area (TPSA) is 118 Å². The van der Waals surface area contributed by atoms with E-state index in [-0.39, 0.29) is 40.7 Å². The van der Waals surface area contributed by atoms with Gasteiger partial charge in [-0.25, -0.2) is 21.1 Å². The van der Waals surface area contributed by atoms with Crippen LogP contribution in [0.1, 0.15) is 16.8 Å². The van der Waals surface area contributed by atoms with Crippen LogP contribution in [0.15, 0.2) is 18.2 Å². The molecule has 132 valence electrons. The highest BCUT2D eigenvalue weighted by Gasteiger charge is 2.36. The predicted octanol–water partition coefficient (Wildman–Crippen LogP) is 0.181. The molecule has 0 bridgehead atoms. The summed E-state index contributed by atoms with van der Waals surface area (Å²) in [4.78, 5) is 23.9. The van der Waals surface area contributed by atoms with Gasteiger partial charge in [-0.2, -0.15) is 0 Å². The van der Waals surface area contributed by atoms with Crippen LogP contribution in [0.4, 0.5) is 5.69 Å². The average molecular weight is 395 g/mol. The zero-order chi connectivity index (χ0) is 18.1. The molecular weight excluding hydrogens is 380 g/mol. The first-order chi connectivity index (χ1) is 11.0. The number of anilines is 1. The molecule has 1 N–H and O–H groups in total. The number of sulfone groups is 1. The summed E-state index contributed by atoms with van der Waals surface area (Å²) in [5, 5.41) is 2.45. The maximum absolute atomic E-state index is 12.1. The van der Waals surface area contributed by atoms with Crippen molar-refractivity contribution in [2.75, 3.05) is 28.6 Å². The van der Waals surface area contributed by atoms with Gasteiger partial charge >= 0.3 is 0 Å². The number of carbonyl (C=O) groups excluding carboxylic acids is 2. The number of rotatable bonds is 5. The highest BCUT2D eigenvalue weighted by molar-refractivity contribution is 7.94. The summed E-state index contributed by atoms with van der Waals surface area (Å²) in [6.07, 6.45) is 0.914. The molecule has 0 radical (unpaired) electrons. The molecule has 0 aromatic heterocycles. The maximum atomic E-state index is 12.1. The number of nitrogens with zero attached hydrogens (tertiary/aromatic N) is 1. The zero-order valence-electron chi connectivity index (χ0n) is 12.7. The molecule has 1 aromatic rings. The Bertz CT molecular complexity index is 895. The minimum atomic E-state index is -3.75. The number of benzene rings is 1. The van der Waals surface area contributed by atoms with Crippen molar-refractivity contribution < 1.29 is 26.4 Å². The smallest absolute Gasteiger partial charge is 0.252 e. The number of carbonyl (C=O) groups is 2. The van der Waals surface area contributed by atoms with Crippen molar-refractivity contribution in [3.8, 4) is 0 Å². The summed E-state index contributed by atoms with van der Waals surface area (Å²) in [7, 11) is -6.99. The molecule has 11 heteroatoms. The van der Waals surface area contributed by atoms with Crippen molar-refractivity contribution in [2.24, 2.45) is 0 Å². The van der Waals surface area contributed by atoms with E-state index < -0.39 is 31.7 Å². The maximum Gasteiger partial charge on any atom is 0.252 e. The second-order valence-corrected chi connectivity index (χ2v) is 9.88. The van der Waals surface area contributed by atoms with Gasteiger partial charge in [-0.05, 0) is 18.2 Å². The van der Waals surface area contributed by atoms with Gasteiger partial charge in [0.05, 0.1) is 27.8 Å². The van der Waals surface area contributed by atoms with Gasteiger partial charge in [-0.3, -0.25) is 9.59 Å². The Morgan fingerprint density at radius 1 is 1.38 bits per heavy atom. The number of halogens is 1. The lowest BCUT2D eigenvalue weighted by Crippen LogP contribution is -2.31. The molecular formula is C13H15ClN2O6S2. The van der Waals surface area contributed by atoms with Gasteiger partial charge in [0.2, 0.25) is 15.9 Å². The molecule has 1 saturated heterocycles. The van der Waals surface area contributed by atoms with Gasteiger partial charge < -0.3 is 5.32 Å². The lowest BCUT2D eigenvalue weighted by molar-refractivity contribution is -0.116. The van der Waals surface area contributed by atoms with Crippen LogP contribution in [0.2, 0.25) is 5.02 Å². The Balaban J connectivity index is 2.26. The standard InChI is InChI=1S/C13H15ClN2O6S2/c1-23(19,20)7-5-15-13(18)10-8-9(2-3-11(10)14)16-12(17)4-6-24(16,21)22/h2-3,8H,4-7H2,1H3,(H,15,18). The first-order valence-corrected chi connectivity index (χ1v) is 10.9. The molecule has 0 unspecified atom stereocenters. The molecule has 0 saturated carbocycles. The lowest BCUT2D eigenvalue weighted by Gasteiger charge is -2.16. The molecule has 24 heavy (non-hydrogen) atoms. The molecule has 1 aliphatic rings. The number of nitrogens with one attached hydrogen (secondary N) is 1. The molecule has 1 aromatic carbocycles. The normalized spacial score (nSPS) is 17.1. The molecule has 1 fully saturated rings. The fourth-order valence-corrected chi connectivity index (χ4v) is 4.26. The van der Waals surface area contributed by atoms with E-state index >= 15 is 0 Å². The van der Waals surface area contributed by atoms with Crippen molar-refractivity contribution >= 4 is 49.0 Å². The van der Waals surface area contributed by atoms with Crippen LogP contribution in [0, 0.1) is 0 Å². The van der Waals surface area contributed by atoms with E-state index in [2.05, 4.69) is 5.32 Å². The summed E-state index contributed by atoms with van der Waals surface area (Å²) >= 11 is 5.94. The zero-order valence-corrected chi connectivity index (χ0v) is 15.0. The highest BCUT2D eigenvalue weighted by atomic mass is 35.5. The molecule has 2 rings (SSSR count). The van der Waals surface area contributed by atoms with E-state index in [0.717, 1.165) is 6.26 Å². The largest absolute Gasteiger partial charge is 0.351 e. The third-order valence-electron chi connectivity index (χ3n) is 3.27. The van der Waals surface area contributed by atoms with Crippen LogP contribution in [0.3, 0.4) is 0 Å². The first-order valence-electron chi connectivity index (χ1n) is 6.82. The second kappa shape index (κ2) is 6.69. The Morgan fingerprint density at radius 3 is 2.58 bits per heavy atom. The van der Waals surface area contributed by atoms with Crippen molar-refractivity contribution in [1.82, 2.24) is 5.32 Å². The summed E-state index contributed by atoms with van der Waals surface area (Å²) in [5.74, 6) is -1.77. The fourth-order valence-electron chi connectivity index (χ4n) is 2.13. The predicted molar refractivity (Wildman–Crippen MR) is 89.4 cm³/mol. The van der Waals surface area contributed by atoms with Crippen LogP contribution in [0.5, 0.6) is 0 Å². The van der Waals surface area contributed by atoms with E-state index in [0.29, 0.717) is 4.31 Å². The van der Waals surface area contributed by atoms with Crippen LogP contribution < -0.4 is 9.62 Å². The number of hydrogen-bond acceptors (Lipinski definition) is 6. The lowest BCUT2D eigenvalue weighted by atomic mass is 10.2. The van der Waals surface area contributed by atoms with Crippen LogP contribution in [-0.4, -0.2) is 53.0 Å². The molecule has 0 aliphatic carbocycles. The summed E-state index contributed by atoms with van der Waals surface area (Å²) < 4.78 is 46.6. The first kappa shape index (κ1) is 18.7. The van der Waals surface area contributed by atoms with Crippen molar-refractivity contribution in [1.29, 1.82) is 0 Å². The molecule has 2 amide bonds. The van der Waals surface area contributed by atoms with Crippen LogP contribution >= 0.6 is 11.6 Å². The summed E-state index contributed by atoms with van der Waals surface area (Å²) in [6.45, 7) is -0.112. The van der Waals surface area contributed by atoms with Gasteiger partial charge in [0, 0.05) is 19.2 Å². The minimum Gasteiger partial charge on any atom is -0.351 e. The Labute approximate surface area is 144 Å². The van der Waals surface area contributed by atoms with Crippen LogP contribution in [-0.2, 0) is 24.7 Å². The Kier molecular flexibility index (Phi) is 5.21. The molecule has 0 atom stereocenters. The van der Waals surface area contributed by atoms with E-state index in [4.69, 9.17) is 11.6 Å². The average Bonchev–Trinajstić information content (AvgIpc) is 2.72. The second-order valence-electron chi connectivity index (χ2n) is 5.27. The Morgan fingerprint density at radius 2 is 2.04 bits per heavy atom. The summed E-state index contributed by atoms with van der Waals surface area (Å²) in [5.41, 5.74) is -0.0206. The SMILES string of the molecule is CS(=O)(=O)CCNC(=O)c1cc(N2C(=O)CCS2(=O)=O)ccc1Cl. The van der Waals surface area contributed by atoms with Crippen molar-refractivity contribution in [2.45, 2.75) is 6.42 Å². The fraction of sp³-hybridized carbons (Fsp3) is 0.385. The molecule has 8 nitrogen and oxygen atoms in total. The number of hydrogen-bond donors (Lipinski definition) is 1. The quantitative estimate of drug-likeness (QED) is 0.761. The highest BCUT2D eigenvalue weighted by Crippen LogP contribution is 2.29. The van der Waals surface area contributed by atoms with Crippen molar-refractivity contribution in [3.63, 3.8) is 0 Å². The van der Waals surface area contributed by atoms with E-state index in [1.807, 2.05) is 0 Å². The molecule has 1 aliphatic heterocycles. The van der Waals surface area contributed by atoms with Gasteiger partial charge in [-0.15, -0.1) is 0 Å². The summed E-state index contributed by atoms with van der Waals surface area (Å²) in [6, 6.07) is 3.83. The van der Waals surface area contributed by atoms with Gasteiger partial charge in [-0.1, -0.05) is 11.6 Å². The third-order valence-corrected chi connectivity index (χ3v) is 6.23. The number of amides is 2. The van der Waals surface area contributed by atoms with E-state index in [1.54, 1.807) is 0 Å². The van der Waals surface area contributed by atoms with E-state index in [1.165, 1.54) is 18.2 Å². The van der Waals surface area contributed by atoms with Crippen molar-refractivity contribution in [3.05, 3.63) is 28.8 Å². The Hall–Kier alpha value is -1.65. The molecule has 0 spiro atoms. The van der Waals surface area contributed by atoms with Gasteiger partial charge in [0.25, 0.3) is 5.91 Å². The van der Waals surface area contributed by atoms with Gasteiger partial charge in [0.1, 0.15) is 9.84 Å².